The van der Waals surface area contributed by atoms with Gasteiger partial charge in [0, 0.05) is 32.5 Å². The molecule has 0 bridgehead atoms. The zero-order chi connectivity index (χ0) is 19.8. The predicted molar refractivity (Wildman–Crippen MR) is 100 cm³/mol. The zero-order valence-corrected chi connectivity index (χ0v) is 15.4. The quantitative estimate of drug-likeness (QED) is 0.666. The number of aryl methyl sites for hydroxylation is 2. The number of halogens is 1. The van der Waals surface area contributed by atoms with Crippen LogP contribution >= 0.6 is 0 Å². The summed E-state index contributed by atoms with van der Waals surface area (Å²) in [6.07, 6.45) is 2.41. The standard InChI is InChI=1S/C19H20FN5O3/c1-24-17-16(18(27)23-19(24)28)21-14(22-17)7-8-15(26)25(13-5-6-13)10-11-3-2-4-12(20)9-11/h2-4,9,13H,5-8,10H2,1H3,(H,21,22)(H,23,27,28). The molecule has 2 heterocycles. The molecule has 0 radical (unpaired) electrons. The molecule has 28 heavy (non-hydrogen) atoms. The summed E-state index contributed by atoms with van der Waals surface area (Å²) in [7, 11) is 1.52. The van der Waals surface area contributed by atoms with Crippen LogP contribution in [0.4, 0.5) is 4.39 Å². The molecule has 8 nitrogen and oxygen atoms in total. The van der Waals surface area contributed by atoms with Crippen LogP contribution in [0.1, 0.15) is 30.7 Å². The van der Waals surface area contributed by atoms with E-state index in [1.807, 2.05) is 0 Å². The number of hydrogen-bond donors (Lipinski definition) is 2. The van der Waals surface area contributed by atoms with Crippen LogP contribution in [0.15, 0.2) is 33.9 Å². The monoisotopic (exact) mass is 385 g/mol. The molecule has 1 aliphatic rings. The maximum absolute atomic E-state index is 13.4. The van der Waals surface area contributed by atoms with E-state index in [9.17, 15) is 18.8 Å². The number of imidazole rings is 1. The second-order valence-corrected chi connectivity index (χ2v) is 7.08. The van der Waals surface area contributed by atoms with Crippen molar-refractivity contribution in [2.24, 2.45) is 7.05 Å². The number of rotatable bonds is 6. The molecule has 4 rings (SSSR count). The van der Waals surface area contributed by atoms with Gasteiger partial charge in [0.15, 0.2) is 5.65 Å². The van der Waals surface area contributed by atoms with E-state index < -0.39 is 11.2 Å². The van der Waals surface area contributed by atoms with E-state index in [-0.39, 0.29) is 35.4 Å². The van der Waals surface area contributed by atoms with E-state index in [1.165, 1.54) is 23.7 Å². The Morgan fingerprint density at radius 1 is 1.32 bits per heavy atom. The molecule has 3 aromatic rings. The van der Waals surface area contributed by atoms with Crippen LogP contribution < -0.4 is 11.2 Å². The maximum Gasteiger partial charge on any atom is 0.329 e. The number of H-pyrrole nitrogens is 2. The van der Waals surface area contributed by atoms with Gasteiger partial charge in [-0.05, 0) is 30.5 Å². The summed E-state index contributed by atoms with van der Waals surface area (Å²) in [6, 6.07) is 6.45. The Morgan fingerprint density at radius 3 is 2.82 bits per heavy atom. The molecule has 0 unspecified atom stereocenters. The third-order valence-corrected chi connectivity index (χ3v) is 4.93. The van der Waals surface area contributed by atoms with Gasteiger partial charge in [0.2, 0.25) is 5.91 Å². The van der Waals surface area contributed by atoms with Crippen LogP contribution in [0.5, 0.6) is 0 Å². The minimum atomic E-state index is -0.540. The molecule has 146 valence electrons. The Bertz CT molecular complexity index is 1160. The number of hydrogen-bond acceptors (Lipinski definition) is 4. The molecule has 1 fully saturated rings. The van der Waals surface area contributed by atoms with Crippen LogP contribution in [0.3, 0.4) is 0 Å². The van der Waals surface area contributed by atoms with Crippen LogP contribution in [0, 0.1) is 5.82 Å². The van der Waals surface area contributed by atoms with Crippen molar-refractivity contribution in [1.29, 1.82) is 0 Å². The molecule has 0 atom stereocenters. The Morgan fingerprint density at radius 2 is 2.11 bits per heavy atom. The highest BCUT2D eigenvalue weighted by molar-refractivity contribution is 5.77. The Kier molecular flexibility index (Phi) is 4.58. The summed E-state index contributed by atoms with van der Waals surface area (Å²) in [4.78, 5) is 47.5. The van der Waals surface area contributed by atoms with E-state index in [0.29, 0.717) is 18.8 Å². The van der Waals surface area contributed by atoms with Crippen LogP contribution in [-0.4, -0.2) is 36.4 Å². The predicted octanol–water partition coefficient (Wildman–Crippen LogP) is 1.21. The minimum absolute atomic E-state index is 0.0463. The number of aromatic amines is 2. The van der Waals surface area contributed by atoms with Crippen molar-refractivity contribution in [1.82, 2.24) is 24.4 Å². The lowest BCUT2D eigenvalue weighted by atomic mass is 10.2. The number of carbonyl (C=O) groups is 1. The van der Waals surface area contributed by atoms with E-state index >= 15 is 0 Å². The van der Waals surface area contributed by atoms with Crippen molar-refractivity contribution in [2.45, 2.75) is 38.3 Å². The highest BCUT2D eigenvalue weighted by Crippen LogP contribution is 2.29. The SMILES string of the molecule is Cn1c(=O)[nH]c(=O)c2[nH]c(CCC(=O)N(Cc3cccc(F)c3)C3CC3)nc21. The Labute approximate surface area is 159 Å². The van der Waals surface area contributed by atoms with Gasteiger partial charge in [0.1, 0.15) is 17.2 Å². The van der Waals surface area contributed by atoms with Gasteiger partial charge in [-0.25, -0.2) is 14.2 Å². The van der Waals surface area contributed by atoms with Gasteiger partial charge in [-0.2, -0.15) is 0 Å². The fraction of sp³-hybridized carbons (Fsp3) is 0.368. The summed E-state index contributed by atoms with van der Waals surface area (Å²) in [5.74, 6) is 0.102. The second kappa shape index (κ2) is 7.06. The summed E-state index contributed by atoms with van der Waals surface area (Å²) < 4.78 is 14.7. The van der Waals surface area contributed by atoms with Crippen LogP contribution in [0.25, 0.3) is 11.2 Å². The lowest BCUT2D eigenvalue weighted by Crippen LogP contribution is -2.32. The first-order chi connectivity index (χ1) is 13.4. The third kappa shape index (κ3) is 3.60. The smallest absolute Gasteiger partial charge is 0.329 e. The summed E-state index contributed by atoms with van der Waals surface area (Å²) in [6.45, 7) is 0.371. The highest BCUT2D eigenvalue weighted by atomic mass is 19.1. The van der Waals surface area contributed by atoms with Gasteiger partial charge < -0.3 is 9.88 Å². The van der Waals surface area contributed by atoms with Crippen molar-refractivity contribution in [3.05, 3.63) is 62.3 Å². The topological polar surface area (TPSA) is 104 Å². The summed E-state index contributed by atoms with van der Waals surface area (Å²) >= 11 is 0. The van der Waals surface area contributed by atoms with Crippen molar-refractivity contribution in [2.75, 3.05) is 0 Å². The molecule has 1 aromatic carbocycles. The van der Waals surface area contributed by atoms with E-state index in [2.05, 4.69) is 15.0 Å². The number of nitrogens with zero attached hydrogens (tertiary/aromatic N) is 3. The fourth-order valence-corrected chi connectivity index (χ4v) is 3.28. The van der Waals surface area contributed by atoms with Gasteiger partial charge in [0.25, 0.3) is 5.56 Å². The lowest BCUT2D eigenvalue weighted by molar-refractivity contribution is -0.132. The highest BCUT2D eigenvalue weighted by Gasteiger charge is 2.32. The number of carbonyl (C=O) groups excluding carboxylic acids is 1. The van der Waals surface area contributed by atoms with Crippen molar-refractivity contribution < 1.29 is 9.18 Å². The zero-order valence-electron chi connectivity index (χ0n) is 15.4. The second-order valence-electron chi connectivity index (χ2n) is 7.08. The minimum Gasteiger partial charge on any atom is -0.336 e. The number of amides is 1. The summed E-state index contributed by atoms with van der Waals surface area (Å²) in [5.41, 5.74) is 0.152. The largest absolute Gasteiger partial charge is 0.336 e. The van der Waals surface area contributed by atoms with Gasteiger partial charge in [-0.3, -0.25) is 19.1 Å². The molecule has 1 aliphatic carbocycles. The third-order valence-electron chi connectivity index (χ3n) is 4.93. The number of aromatic nitrogens is 4. The molecule has 0 aliphatic heterocycles. The van der Waals surface area contributed by atoms with Gasteiger partial charge in [-0.1, -0.05) is 12.1 Å². The molecule has 1 saturated carbocycles. The molecule has 1 amide bonds. The van der Waals surface area contributed by atoms with Crippen LogP contribution in [0.2, 0.25) is 0 Å². The van der Waals surface area contributed by atoms with E-state index in [0.717, 1.165) is 18.4 Å². The average molecular weight is 385 g/mol. The Hall–Kier alpha value is -3.23. The first kappa shape index (κ1) is 18.1. The van der Waals surface area contributed by atoms with E-state index in [4.69, 9.17) is 0 Å². The fourth-order valence-electron chi connectivity index (χ4n) is 3.28. The van der Waals surface area contributed by atoms with Crippen molar-refractivity contribution in [3.8, 4) is 0 Å². The molecule has 0 saturated heterocycles. The van der Waals surface area contributed by atoms with Crippen molar-refractivity contribution >= 4 is 17.1 Å². The Balaban J connectivity index is 1.49. The molecule has 2 N–H and O–H groups in total. The maximum atomic E-state index is 13.4. The van der Waals surface area contributed by atoms with Crippen molar-refractivity contribution in [3.63, 3.8) is 0 Å². The van der Waals surface area contributed by atoms with Gasteiger partial charge >= 0.3 is 5.69 Å². The number of benzene rings is 1. The van der Waals surface area contributed by atoms with Gasteiger partial charge in [-0.15, -0.1) is 0 Å². The van der Waals surface area contributed by atoms with E-state index in [1.54, 1.807) is 17.0 Å². The van der Waals surface area contributed by atoms with Crippen LogP contribution in [-0.2, 0) is 24.8 Å². The molecular formula is C19H20FN5O3. The summed E-state index contributed by atoms with van der Waals surface area (Å²) in [5, 5.41) is 0. The number of fused-ring (bicyclic) bond motifs is 1. The molecule has 9 heteroatoms. The van der Waals surface area contributed by atoms with Gasteiger partial charge in [0.05, 0.1) is 0 Å². The molecule has 0 spiro atoms. The lowest BCUT2D eigenvalue weighted by Gasteiger charge is -2.22. The first-order valence-corrected chi connectivity index (χ1v) is 9.14. The number of nitrogens with one attached hydrogen (secondary N) is 2. The first-order valence-electron chi connectivity index (χ1n) is 9.14. The molecular weight excluding hydrogens is 365 g/mol. The average Bonchev–Trinajstić information content (AvgIpc) is 3.40. The normalized spacial score (nSPS) is 13.8. The molecule has 2 aromatic heterocycles.